The van der Waals surface area contributed by atoms with Crippen molar-refractivity contribution in [2.75, 3.05) is 4.90 Å². The Morgan fingerprint density at radius 3 is 1.44 bits per heavy atom. The summed E-state index contributed by atoms with van der Waals surface area (Å²) in [6, 6.07) is 71.0. The van der Waals surface area contributed by atoms with Gasteiger partial charge in [-0.25, -0.2) is 0 Å². The van der Waals surface area contributed by atoms with Crippen LogP contribution in [0.3, 0.4) is 0 Å². The van der Waals surface area contributed by atoms with Gasteiger partial charge in [-0.1, -0.05) is 169 Å². The van der Waals surface area contributed by atoms with E-state index in [1.807, 2.05) is 0 Å². The maximum absolute atomic E-state index is 2.53. The monoisotopic (exact) mass is 762 g/mol. The van der Waals surface area contributed by atoms with E-state index < -0.39 is 0 Å². The van der Waals surface area contributed by atoms with Crippen molar-refractivity contribution in [1.29, 1.82) is 0 Å². The summed E-state index contributed by atoms with van der Waals surface area (Å²) >= 11 is 0. The molecular weight excluding hydrogens is 713 g/mol. The second-order valence-corrected chi connectivity index (χ2v) is 17.9. The smallest absolute Gasteiger partial charge is 0.0544 e. The third kappa shape index (κ3) is 5.76. The van der Waals surface area contributed by atoms with Gasteiger partial charge in [0.05, 0.1) is 16.7 Å². The number of rotatable bonds is 7. The highest BCUT2D eigenvalue weighted by Crippen LogP contribution is 2.62. The zero-order valence-corrected chi connectivity index (χ0v) is 34.9. The summed E-state index contributed by atoms with van der Waals surface area (Å²) in [5.74, 6) is 0. The molecular formula is C57H50N2. The first-order valence-electron chi connectivity index (χ1n) is 20.9. The molecule has 0 bridgehead atoms. The van der Waals surface area contributed by atoms with Gasteiger partial charge in [0.15, 0.2) is 0 Å². The molecule has 0 amide bonds. The lowest BCUT2D eigenvalue weighted by atomic mass is 9.59. The lowest BCUT2D eigenvalue weighted by Crippen LogP contribution is -2.42. The Balaban J connectivity index is 1.11. The van der Waals surface area contributed by atoms with E-state index in [0.717, 1.165) is 17.1 Å². The van der Waals surface area contributed by atoms with E-state index in [1.54, 1.807) is 0 Å². The molecule has 0 fully saturated rings. The number of hydrogen-bond acceptors (Lipinski definition) is 1. The SMILES string of the molecule is CC1(C)c2cc3c4cc(-c5ccc(N(c6ccc(-c7ccccc7)cc6)c6ccccc6-c6ccccc6)cc5)ccc4n(-c4ccccc4)c3cc2C(C)(C)C1(C)C. The molecule has 0 aliphatic heterocycles. The van der Waals surface area contributed by atoms with Gasteiger partial charge in [0, 0.05) is 33.4 Å². The Morgan fingerprint density at radius 2 is 0.831 bits per heavy atom. The van der Waals surface area contributed by atoms with Crippen LogP contribution < -0.4 is 4.90 Å². The number of nitrogens with zero attached hydrogens (tertiary/aromatic N) is 2. The highest BCUT2D eigenvalue weighted by atomic mass is 15.1. The predicted octanol–water partition coefficient (Wildman–Crippen LogP) is 15.8. The van der Waals surface area contributed by atoms with Crippen molar-refractivity contribution in [3.63, 3.8) is 0 Å². The predicted molar refractivity (Wildman–Crippen MR) is 252 cm³/mol. The Hall–Kier alpha value is -6.64. The summed E-state index contributed by atoms with van der Waals surface area (Å²) in [5, 5.41) is 2.59. The molecule has 2 heteroatoms. The minimum atomic E-state index is 0.0154. The van der Waals surface area contributed by atoms with E-state index in [1.165, 1.54) is 72.0 Å². The lowest BCUT2D eigenvalue weighted by Gasteiger charge is -2.44. The fourth-order valence-corrected chi connectivity index (χ4v) is 9.78. The number of hydrogen-bond donors (Lipinski definition) is 0. The van der Waals surface area contributed by atoms with Gasteiger partial charge in [-0.15, -0.1) is 0 Å². The molecule has 1 heterocycles. The molecule has 0 unspecified atom stereocenters. The highest BCUT2D eigenvalue weighted by molar-refractivity contribution is 6.11. The molecule has 59 heavy (non-hydrogen) atoms. The van der Waals surface area contributed by atoms with E-state index in [2.05, 4.69) is 245 Å². The van der Waals surface area contributed by atoms with E-state index in [-0.39, 0.29) is 16.2 Å². The van der Waals surface area contributed by atoms with Crippen molar-refractivity contribution in [3.8, 4) is 39.1 Å². The molecule has 0 saturated carbocycles. The third-order valence-electron chi connectivity index (χ3n) is 14.3. The fraction of sp³-hybridized carbons (Fsp3) is 0.158. The van der Waals surface area contributed by atoms with Gasteiger partial charge in [0.2, 0.25) is 0 Å². The van der Waals surface area contributed by atoms with E-state index >= 15 is 0 Å². The Morgan fingerprint density at radius 1 is 0.373 bits per heavy atom. The summed E-state index contributed by atoms with van der Waals surface area (Å²) in [7, 11) is 0. The topological polar surface area (TPSA) is 8.17 Å². The zero-order chi connectivity index (χ0) is 40.5. The maximum atomic E-state index is 2.53. The Labute approximate surface area is 349 Å². The number of anilines is 3. The van der Waals surface area contributed by atoms with Crippen molar-refractivity contribution in [2.45, 2.75) is 52.4 Å². The lowest BCUT2D eigenvalue weighted by molar-refractivity contribution is 0.125. The van der Waals surface area contributed by atoms with E-state index in [4.69, 9.17) is 0 Å². The molecule has 2 nitrogen and oxygen atoms in total. The third-order valence-corrected chi connectivity index (χ3v) is 14.3. The van der Waals surface area contributed by atoms with Crippen LogP contribution in [0, 0.1) is 5.41 Å². The van der Waals surface area contributed by atoms with Gasteiger partial charge in [-0.2, -0.15) is 0 Å². The molecule has 1 aliphatic carbocycles. The second kappa shape index (κ2) is 13.7. The summed E-state index contributed by atoms with van der Waals surface area (Å²) in [5.41, 5.74) is 17.3. The molecule has 1 aliphatic rings. The Bertz CT molecular complexity index is 2970. The van der Waals surface area contributed by atoms with Crippen molar-refractivity contribution < 1.29 is 0 Å². The van der Waals surface area contributed by atoms with Crippen molar-refractivity contribution in [2.24, 2.45) is 5.41 Å². The Kier molecular flexibility index (Phi) is 8.54. The van der Waals surface area contributed by atoms with E-state index in [0.29, 0.717) is 0 Å². The largest absolute Gasteiger partial charge is 0.310 e. The molecule has 9 aromatic rings. The molecule has 0 N–H and O–H groups in total. The molecule has 1 aromatic heterocycles. The molecule has 10 rings (SSSR count). The molecule has 0 spiro atoms. The van der Waals surface area contributed by atoms with Crippen LogP contribution in [-0.4, -0.2) is 4.57 Å². The second-order valence-electron chi connectivity index (χ2n) is 17.9. The van der Waals surface area contributed by atoms with Gasteiger partial charge in [-0.05, 0) is 122 Å². The van der Waals surface area contributed by atoms with Crippen LogP contribution in [0.15, 0.2) is 194 Å². The quantitative estimate of drug-likeness (QED) is 0.157. The molecule has 288 valence electrons. The minimum Gasteiger partial charge on any atom is -0.310 e. The van der Waals surface area contributed by atoms with Crippen LogP contribution in [-0.2, 0) is 10.8 Å². The van der Waals surface area contributed by atoms with Crippen molar-refractivity contribution in [3.05, 3.63) is 205 Å². The zero-order valence-electron chi connectivity index (χ0n) is 34.9. The summed E-state index contributed by atoms with van der Waals surface area (Å²) < 4.78 is 2.47. The number of benzene rings is 8. The van der Waals surface area contributed by atoms with Crippen LogP contribution in [0.5, 0.6) is 0 Å². The van der Waals surface area contributed by atoms with Crippen molar-refractivity contribution >= 4 is 38.9 Å². The molecule has 8 aromatic carbocycles. The molecule has 0 atom stereocenters. The maximum Gasteiger partial charge on any atom is 0.0544 e. The standard InChI is InChI=1S/C57H50N2/c1-55(2)50-37-49-48-36-43(30-35-53(48)59(44-22-14-9-15-23-44)54(49)38-51(50)56(3,4)57(55,5)6)41-28-33-46(34-29-41)58(45-31-26-40(27-32-45)39-18-10-7-11-19-39)52-25-17-16-24-47(52)42-20-12-8-13-21-42/h7-38H,1-6H3. The van der Waals surface area contributed by atoms with Crippen molar-refractivity contribution in [1.82, 2.24) is 4.57 Å². The van der Waals surface area contributed by atoms with Gasteiger partial charge >= 0.3 is 0 Å². The van der Waals surface area contributed by atoms with Gasteiger partial charge in [-0.3, -0.25) is 0 Å². The summed E-state index contributed by atoms with van der Waals surface area (Å²) in [6.07, 6.45) is 0. The van der Waals surface area contributed by atoms with Crippen LogP contribution >= 0.6 is 0 Å². The van der Waals surface area contributed by atoms with Crippen LogP contribution in [0.1, 0.15) is 52.7 Å². The average molecular weight is 763 g/mol. The first-order valence-corrected chi connectivity index (χ1v) is 20.9. The number of fused-ring (bicyclic) bond motifs is 4. The normalized spacial score (nSPS) is 15.0. The average Bonchev–Trinajstić information content (AvgIpc) is 3.64. The number of para-hydroxylation sites is 2. The molecule has 0 saturated heterocycles. The minimum absolute atomic E-state index is 0.0154. The van der Waals surface area contributed by atoms with Crippen LogP contribution in [0.4, 0.5) is 17.1 Å². The van der Waals surface area contributed by atoms with Gasteiger partial charge in [0.1, 0.15) is 0 Å². The first-order chi connectivity index (χ1) is 28.5. The molecule has 0 radical (unpaired) electrons. The highest BCUT2D eigenvalue weighted by Gasteiger charge is 2.57. The fourth-order valence-electron chi connectivity index (χ4n) is 9.78. The van der Waals surface area contributed by atoms with Crippen LogP contribution in [0.25, 0.3) is 60.9 Å². The van der Waals surface area contributed by atoms with E-state index in [9.17, 15) is 0 Å². The number of aromatic nitrogens is 1. The van der Waals surface area contributed by atoms with Gasteiger partial charge in [0.25, 0.3) is 0 Å². The summed E-state index contributed by atoms with van der Waals surface area (Å²) in [6.45, 7) is 14.6. The van der Waals surface area contributed by atoms with Gasteiger partial charge < -0.3 is 9.47 Å². The first kappa shape index (κ1) is 36.7. The van der Waals surface area contributed by atoms with Crippen LogP contribution in [0.2, 0.25) is 0 Å². The summed E-state index contributed by atoms with van der Waals surface area (Å²) in [4.78, 5) is 2.39.